The molecule has 0 amide bonds. The first-order valence-corrected chi connectivity index (χ1v) is 6.20. The first-order valence-electron chi connectivity index (χ1n) is 6.20. The zero-order valence-electron chi connectivity index (χ0n) is 11.3. The van der Waals surface area contributed by atoms with Crippen LogP contribution >= 0.6 is 0 Å². The standard InChI is InChI=1S/C14H16N5/c1-10-9-13-18(3)17-14(19(13)11(2)15-10)16-12-7-5-4-6-8-12/h4-9H,1-3H3,(H,16,17)/q+1. The average Bonchev–Trinajstić information content (AvgIpc) is 2.67. The lowest BCUT2D eigenvalue weighted by Crippen LogP contribution is -2.29. The molecule has 2 heterocycles. The third kappa shape index (κ3) is 2.03. The van der Waals surface area contributed by atoms with Crippen molar-refractivity contribution in [3.8, 4) is 0 Å². The van der Waals surface area contributed by atoms with Crippen molar-refractivity contribution in [3.63, 3.8) is 0 Å². The van der Waals surface area contributed by atoms with Gasteiger partial charge in [-0.25, -0.2) is 0 Å². The summed E-state index contributed by atoms with van der Waals surface area (Å²) in [4.78, 5) is 4.49. The molecule has 96 valence electrons. The van der Waals surface area contributed by atoms with E-state index in [1.807, 2.05) is 66.4 Å². The fourth-order valence-electron chi connectivity index (χ4n) is 2.22. The first-order chi connectivity index (χ1) is 9.15. The van der Waals surface area contributed by atoms with Crippen molar-refractivity contribution in [2.45, 2.75) is 13.8 Å². The molecule has 0 bridgehead atoms. The molecule has 19 heavy (non-hydrogen) atoms. The van der Waals surface area contributed by atoms with Gasteiger partial charge in [-0.2, -0.15) is 14.1 Å². The highest BCUT2D eigenvalue weighted by Gasteiger charge is 2.18. The lowest BCUT2D eigenvalue weighted by Gasteiger charge is -2.00. The normalized spacial score (nSPS) is 10.9. The summed E-state index contributed by atoms with van der Waals surface area (Å²) < 4.78 is 3.87. The highest BCUT2D eigenvalue weighted by atomic mass is 15.4. The van der Waals surface area contributed by atoms with E-state index in [4.69, 9.17) is 0 Å². The van der Waals surface area contributed by atoms with Crippen LogP contribution in [0.4, 0.5) is 11.6 Å². The van der Waals surface area contributed by atoms with Crippen LogP contribution in [0.2, 0.25) is 0 Å². The van der Waals surface area contributed by atoms with Crippen LogP contribution in [0.5, 0.6) is 0 Å². The predicted molar refractivity (Wildman–Crippen MR) is 73.4 cm³/mol. The maximum absolute atomic E-state index is 4.52. The van der Waals surface area contributed by atoms with Gasteiger partial charge >= 0.3 is 5.95 Å². The molecule has 0 aliphatic rings. The number of rotatable bonds is 2. The van der Waals surface area contributed by atoms with Gasteiger partial charge in [0.25, 0.3) is 0 Å². The number of para-hydroxylation sites is 1. The van der Waals surface area contributed by atoms with Crippen LogP contribution < -0.4 is 9.72 Å². The van der Waals surface area contributed by atoms with E-state index < -0.39 is 0 Å². The topological polar surface area (TPSA) is 46.8 Å². The van der Waals surface area contributed by atoms with Gasteiger partial charge in [-0.15, -0.1) is 0 Å². The van der Waals surface area contributed by atoms with Crippen molar-refractivity contribution in [2.75, 3.05) is 5.32 Å². The molecule has 3 aromatic rings. The van der Waals surface area contributed by atoms with E-state index in [1.54, 1.807) is 0 Å². The maximum atomic E-state index is 4.52. The fourth-order valence-corrected chi connectivity index (χ4v) is 2.22. The van der Waals surface area contributed by atoms with E-state index in [0.717, 1.165) is 28.8 Å². The van der Waals surface area contributed by atoms with Gasteiger partial charge in [0.15, 0.2) is 5.82 Å². The minimum Gasteiger partial charge on any atom is -0.273 e. The van der Waals surface area contributed by atoms with Crippen molar-refractivity contribution in [1.82, 2.24) is 14.8 Å². The summed E-state index contributed by atoms with van der Waals surface area (Å²) in [5.74, 6) is 1.69. The number of hydrogen-bond donors (Lipinski definition) is 1. The highest BCUT2D eigenvalue weighted by Crippen LogP contribution is 2.12. The SMILES string of the molecule is Cc1cc2n(C)nc(Nc3ccccc3)[n+]2c(C)n1. The first kappa shape index (κ1) is 11.6. The van der Waals surface area contributed by atoms with Gasteiger partial charge in [0.2, 0.25) is 5.65 Å². The molecule has 0 fully saturated rings. The van der Waals surface area contributed by atoms with Crippen LogP contribution in [0.1, 0.15) is 11.5 Å². The number of nitrogens with zero attached hydrogens (tertiary/aromatic N) is 4. The van der Waals surface area contributed by atoms with Crippen LogP contribution in [0.3, 0.4) is 0 Å². The second-order valence-corrected chi connectivity index (χ2v) is 4.58. The van der Waals surface area contributed by atoms with Crippen LogP contribution in [0.15, 0.2) is 36.4 Å². The van der Waals surface area contributed by atoms with Crippen LogP contribution in [0, 0.1) is 13.8 Å². The van der Waals surface area contributed by atoms with Gasteiger partial charge in [-0.3, -0.25) is 5.32 Å². The summed E-state index contributed by atoms with van der Waals surface area (Å²) in [5.41, 5.74) is 3.02. The Morgan fingerprint density at radius 2 is 1.89 bits per heavy atom. The molecule has 5 nitrogen and oxygen atoms in total. The minimum atomic E-state index is 0.772. The van der Waals surface area contributed by atoms with Gasteiger partial charge in [0.1, 0.15) is 0 Å². The van der Waals surface area contributed by atoms with Gasteiger partial charge in [0.05, 0.1) is 18.4 Å². The Kier molecular flexibility index (Phi) is 2.67. The van der Waals surface area contributed by atoms with Crippen molar-refractivity contribution in [3.05, 3.63) is 47.9 Å². The molecule has 1 aromatic carbocycles. The summed E-state index contributed by atoms with van der Waals surface area (Å²) in [6.07, 6.45) is 0. The molecule has 2 aromatic heterocycles. The van der Waals surface area contributed by atoms with E-state index in [9.17, 15) is 0 Å². The Morgan fingerprint density at radius 3 is 2.63 bits per heavy atom. The Labute approximate surface area is 111 Å². The van der Waals surface area contributed by atoms with E-state index in [0.29, 0.717) is 0 Å². The fraction of sp³-hybridized carbons (Fsp3) is 0.214. The van der Waals surface area contributed by atoms with Crippen LogP contribution in [-0.2, 0) is 7.05 Å². The lowest BCUT2D eigenvalue weighted by molar-refractivity contribution is -0.508. The van der Waals surface area contributed by atoms with Crippen molar-refractivity contribution in [2.24, 2.45) is 7.05 Å². The lowest BCUT2D eigenvalue weighted by atomic mass is 10.3. The molecule has 0 aliphatic carbocycles. The number of anilines is 2. The number of nitrogens with one attached hydrogen (secondary N) is 1. The van der Waals surface area contributed by atoms with Gasteiger partial charge < -0.3 is 0 Å². The van der Waals surface area contributed by atoms with Gasteiger partial charge in [-0.05, 0) is 24.2 Å². The molecule has 0 spiro atoms. The molecular weight excluding hydrogens is 238 g/mol. The number of aromatic nitrogens is 4. The molecular formula is C14H16N5+. The molecule has 0 saturated heterocycles. The van der Waals surface area contributed by atoms with Crippen molar-refractivity contribution >= 4 is 17.3 Å². The molecule has 3 rings (SSSR count). The predicted octanol–water partition coefficient (Wildman–Crippen LogP) is 1.91. The highest BCUT2D eigenvalue weighted by molar-refractivity contribution is 5.51. The molecule has 0 saturated carbocycles. The molecule has 1 N–H and O–H groups in total. The van der Waals surface area contributed by atoms with Crippen LogP contribution in [0.25, 0.3) is 5.65 Å². The summed E-state index contributed by atoms with van der Waals surface area (Å²) in [5, 5.41) is 7.83. The molecule has 0 aliphatic heterocycles. The summed E-state index contributed by atoms with van der Waals surface area (Å²) in [7, 11) is 1.93. The Hall–Kier alpha value is -2.43. The zero-order chi connectivity index (χ0) is 13.4. The number of benzene rings is 1. The third-order valence-corrected chi connectivity index (χ3v) is 3.05. The Morgan fingerprint density at radius 1 is 1.16 bits per heavy atom. The smallest absolute Gasteiger partial charge is 0.273 e. The summed E-state index contributed by atoms with van der Waals surface area (Å²) in [6, 6.07) is 12.0. The van der Waals surface area contributed by atoms with E-state index in [-0.39, 0.29) is 0 Å². The number of fused-ring (bicyclic) bond motifs is 1. The van der Waals surface area contributed by atoms with Gasteiger partial charge in [-0.1, -0.05) is 18.2 Å². The maximum Gasteiger partial charge on any atom is 0.358 e. The molecule has 0 unspecified atom stereocenters. The summed E-state index contributed by atoms with van der Waals surface area (Å²) in [6.45, 7) is 3.97. The quantitative estimate of drug-likeness (QED) is 0.711. The molecule has 5 heteroatoms. The van der Waals surface area contributed by atoms with E-state index >= 15 is 0 Å². The summed E-state index contributed by atoms with van der Waals surface area (Å²) >= 11 is 0. The molecule has 0 atom stereocenters. The van der Waals surface area contributed by atoms with Crippen molar-refractivity contribution in [1.29, 1.82) is 0 Å². The van der Waals surface area contributed by atoms with Crippen molar-refractivity contribution < 1.29 is 4.40 Å². The van der Waals surface area contributed by atoms with Crippen LogP contribution in [-0.4, -0.2) is 14.8 Å². The van der Waals surface area contributed by atoms with Gasteiger partial charge in [0, 0.05) is 13.0 Å². The third-order valence-electron chi connectivity index (χ3n) is 3.05. The monoisotopic (exact) mass is 254 g/mol. The number of hydrogen-bond acceptors (Lipinski definition) is 3. The minimum absolute atomic E-state index is 0.772. The second-order valence-electron chi connectivity index (χ2n) is 4.58. The molecule has 0 radical (unpaired) electrons. The van der Waals surface area contributed by atoms with E-state index in [1.165, 1.54) is 0 Å². The zero-order valence-corrected chi connectivity index (χ0v) is 11.3. The Bertz CT molecular complexity index is 730. The average molecular weight is 254 g/mol. The largest absolute Gasteiger partial charge is 0.358 e. The second kappa shape index (κ2) is 4.35. The number of aryl methyl sites for hydroxylation is 3. The van der Waals surface area contributed by atoms with E-state index in [2.05, 4.69) is 15.4 Å². The Balaban J connectivity index is 2.15.